The van der Waals surface area contributed by atoms with E-state index in [0.29, 0.717) is 19.2 Å². The molecule has 0 saturated carbocycles. The molecule has 0 fully saturated rings. The number of hydrogen-bond donors (Lipinski definition) is 1. The molecule has 0 aromatic carbocycles. The first-order valence-corrected chi connectivity index (χ1v) is 3.92. The van der Waals surface area contributed by atoms with Crippen molar-refractivity contribution in [3.05, 3.63) is 12.6 Å². The molecular weight excluding hydrogens is 147 g/mol. The summed E-state index contributed by atoms with van der Waals surface area (Å²) in [4.78, 5) is 0. The Bertz CT molecular complexity index is 80.1. The zero-order valence-corrected chi connectivity index (χ0v) is 6.98. The molecule has 0 atom stereocenters. The van der Waals surface area contributed by atoms with Gasteiger partial charge in [0.2, 0.25) is 0 Å². The smallest absolute Gasteiger partial charge is 0.178 e. The highest BCUT2D eigenvalue weighted by Crippen LogP contribution is 1.79. The fourth-order valence-electron chi connectivity index (χ4n) is 0.451. The van der Waals surface area contributed by atoms with Gasteiger partial charge >= 0.3 is 0 Å². The van der Waals surface area contributed by atoms with Crippen LogP contribution in [0.2, 0.25) is 0 Å². The number of thiol groups is 1. The second-order valence-corrected chi connectivity index (χ2v) is 1.99. The molecule has 0 N–H and O–H groups in total. The Kier molecular flexibility index (Phi) is 9.14. The van der Waals surface area contributed by atoms with E-state index in [0.717, 1.165) is 13.8 Å². The van der Waals surface area contributed by atoms with E-state index in [2.05, 4.69) is 19.2 Å². The Hall–Kier alpha value is 0.0749. The van der Waals surface area contributed by atoms with Gasteiger partial charge in [-0.15, -0.1) is 12.6 Å². The molecule has 0 aliphatic carbocycles. The minimum atomic E-state index is 0.463. The first-order valence-electron chi connectivity index (χ1n) is 3.29. The van der Waals surface area contributed by atoms with Gasteiger partial charge in [-0.1, -0.05) is 0 Å². The Morgan fingerprint density at radius 2 is 2.10 bits per heavy atom. The highest BCUT2D eigenvalue weighted by atomic mass is 32.1. The van der Waals surface area contributed by atoms with E-state index < -0.39 is 0 Å². The summed E-state index contributed by atoms with van der Waals surface area (Å²) in [5.41, 5.74) is 0. The van der Waals surface area contributed by atoms with Crippen molar-refractivity contribution in [3.63, 3.8) is 0 Å². The summed E-state index contributed by atoms with van der Waals surface area (Å²) in [6, 6.07) is 0. The molecule has 0 radical (unpaired) electrons. The fraction of sp³-hybridized carbons (Fsp3) is 0.667. The van der Waals surface area contributed by atoms with Crippen LogP contribution in [-0.4, -0.2) is 32.9 Å². The van der Waals surface area contributed by atoms with Crippen LogP contribution in [0.3, 0.4) is 0 Å². The second-order valence-electron chi connectivity index (χ2n) is 1.73. The Morgan fingerprint density at radius 1 is 1.40 bits per heavy atom. The van der Waals surface area contributed by atoms with Gasteiger partial charge in [0, 0.05) is 6.51 Å². The molecule has 0 aromatic heterocycles. The Balaban J connectivity index is 2.70. The van der Waals surface area contributed by atoms with Gasteiger partial charge in [0.15, 0.2) is 7.28 Å². The molecule has 0 aliphatic heterocycles. The predicted molar refractivity (Wildman–Crippen MR) is 48.0 cm³/mol. The molecular formula is C6H13BO2S. The summed E-state index contributed by atoms with van der Waals surface area (Å²) < 4.78 is 10.1. The maximum absolute atomic E-state index is 5.15. The Labute approximate surface area is 68.2 Å². The molecule has 0 heterocycles. The maximum atomic E-state index is 5.15. The van der Waals surface area contributed by atoms with Crippen molar-refractivity contribution in [2.24, 2.45) is 0 Å². The molecule has 4 heteroatoms. The standard InChI is InChI=1S/C6H13BO2S/c1-2-7-5-8-3-4-9-6-10/h2,7,10H,1,3-6H2. The van der Waals surface area contributed by atoms with E-state index in [-0.39, 0.29) is 0 Å². The monoisotopic (exact) mass is 160 g/mol. The van der Waals surface area contributed by atoms with E-state index in [4.69, 9.17) is 9.47 Å². The van der Waals surface area contributed by atoms with Crippen LogP contribution in [0.1, 0.15) is 0 Å². The lowest BCUT2D eigenvalue weighted by atomic mass is 9.81. The zero-order chi connectivity index (χ0) is 7.66. The number of hydrogen-bond acceptors (Lipinski definition) is 3. The maximum Gasteiger partial charge on any atom is 0.178 e. The van der Waals surface area contributed by atoms with Crippen molar-refractivity contribution < 1.29 is 9.47 Å². The van der Waals surface area contributed by atoms with Gasteiger partial charge in [-0.3, -0.25) is 0 Å². The van der Waals surface area contributed by atoms with Crippen LogP contribution in [0.5, 0.6) is 0 Å². The van der Waals surface area contributed by atoms with Crippen molar-refractivity contribution in [1.29, 1.82) is 0 Å². The van der Waals surface area contributed by atoms with Gasteiger partial charge in [0.1, 0.15) is 0 Å². The molecule has 0 unspecified atom stereocenters. The van der Waals surface area contributed by atoms with Crippen molar-refractivity contribution in [1.82, 2.24) is 0 Å². The average Bonchev–Trinajstić information content (AvgIpc) is 1.97. The zero-order valence-electron chi connectivity index (χ0n) is 6.08. The van der Waals surface area contributed by atoms with Gasteiger partial charge in [-0.2, -0.15) is 12.6 Å². The van der Waals surface area contributed by atoms with Crippen molar-refractivity contribution >= 4 is 19.9 Å². The normalized spacial score (nSPS) is 9.30. The topological polar surface area (TPSA) is 18.5 Å². The Morgan fingerprint density at radius 3 is 2.70 bits per heavy atom. The first-order chi connectivity index (χ1) is 4.91. The summed E-state index contributed by atoms with van der Waals surface area (Å²) in [6.45, 7) is 5.58. The van der Waals surface area contributed by atoms with Crippen LogP contribution in [0.15, 0.2) is 12.6 Å². The van der Waals surface area contributed by atoms with Crippen LogP contribution in [0.25, 0.3) is 0 Å². The summed E-state index contributed by atoms with van der Waals surface area (Å²) >= 11 is 3.87. The molecule has 2 nitrogen and oxygen atoms in total. The van der Waals surface area contributed by atoms with Gasteiger partial charge in [-0.05, 0) is 0 Å². The quantitative estimate of drug-likeness (QED) is 0.252. The molecule has 0 spiro atoms. The average molecular weight is 160 g/mol. The number of rotatable bonds is 7. The molecule has 0 aromatic rings. The first kappa shape index (κ1) is 10.1. The van der Waals surface area contributed by atoms with Crippen LogP contribution >= 0.6 is 12.6 Å². The molecule has 58 valence electrons. The van der Waals surface area contributed by atoms with Crippen LogP contribution in [-0.2, 0) is 9.47 Å². The van der Waals surface area contributed by atoms with Gasteiger partial charge in [0.25, 0.3) is 0 Å². The highest BCUT2D eigenvalue weighted by Gasteiger charge is 1.86. The van der Waals surface area contributed by atoms with E-state index >= 15 is 0 Å². The third-order valence-electron chi connectivity index (χ3n) is 0.930. The SMILES string of the molecule is C=CBCOCCOCS. The lowest BCUT2D eigenvalue weighted by molar-refractivity contribution is 0.0867. The molecule has 0 rings (SSSR count). The summed E-state index contributed by atoms with van der Waals surface area (Å²) in [7, 11) is 0.904. The molecule has 10 heavy (non-hydrogen) atoms. The van der Waals surface area contributed by atoms with Crippen molar-refractivity contribution in [2.45, 2.75) is 0 Å². The van der Waals surface area contributed by atoms with Crippen LogP contribution in [0, 0.1) is 0 Å². The van der Waals surface area contributed by atoms with E-state index in [1.54, 1.807) is 0 Å². The van der Waals surface area contributed by atoms with Crippen LogP contribution in [0.4, 0.5) is 0 Å². The summed E-state index contributed by atoms with van der Waals surface area (Å²) in [5, 5.41) is 0. The minimum Gasteiger partial charge on any atom is -0.387 e. The molecule has 0 bridgehead atoms. The van der Waals surface area contributed by atoms with E-state index in [9.17, 15) is 0 Å². The lowest BCUT2D eigenvalue weighted by Gasteiger charge is -2.00. The largest absolute Gasteiger partial charge is 0.387 e. The molecule has 0 aliphatic rings. The molecule has 0 amide bonds. The lowest BCUT2D eigenvalue weighted by Crippen LogP contribution is -2.07. The van der Waals surface area contributed by atoms with Gasteiger partial charge in [-0.25, -0.2) is 0 Å². The van der Waals surface area contributed by atoms with Crippen molar-refractivity contribution in [3.8, 4) is 0 Å². The molecule has 0 saturated heterocycles. The van der Waals surface area contributed by atoms with Gasteiger partial charge in [0.05, 0.1) is 19.2 Å². The predicted octanol–water partition coefficient (Wildman–Crippen LogP) is 0.444. The number of ether oxygens (including phenoxy) is 2. The third kappa shape index (κ3) is 8.07. The van der Waals surface area contributed by atoms with E-state index in [1.807, 2.05) is 5.98 Å². The van der Waals surface area contributed by atoms with E-state index in [1.165, 1.54) is 0 Å². The minimum absolute atomic E-state index is 0.463. The summed E-state index contributed by atoms with van der Waals surface area (Å²) in [5.74, 6) is 2.30. The second kappa shape index (κ2) is 9.07. The third-order valence-corrected chi connectivity index (χ3v) is 1.11. The van der Waals surface area contributed by atoms with Crippen LogP contribution < -0.4 is 0 Å². The summed E-state index contributed by atoms with van der Waals surface area (Å²) in [6.07, 6.45) is 0. The van der Waals surface area contributed by atoms with Crippen molar-refractivity contribution in [2.75, 3.05) is 25.7 Å². The van der Waals surface area contributed by atoms with Gasteiger partial charge < -0.3 is 9.47 Å². The highest BCUT2D eigenvalue weighted by molar-refractivity contribution is 7.80. The fourth-order valence-corrected chi connectivity index (χ4v) is 0.580.